The van der Waals surface area contributed by atoms with Gasteiger partial charge in [-0.25, -0.2) is 4.98 Å². The van der Waals surface area contributed by atoms with Gasteiger partial charge in [0.2, 0.25) is 11.9 Å². The van der Waals surface area contributed by atoms with E-state index < -0.39 is 0 Å². The molecule has 1 aromatic heterocycles. The number of hydrogen-bond donors (Lipinski definition) is 1. The highest BCUT2D eigenvalue weighted by Gasteiger charge is 2.13. The number of halogens is 1. The van der Waals surface area contributed by atoms with Crippen molar-refractivity contribution >= 4 is 23.5 Å². The minimum Gasteiger partial charge on any atom is -0.293 e. The Morgan fingerprint density at radius 2 is 2.07 bits per heavy atom. The third kappa shape index (κ3) is 3.13. The molecule has 5 nitrogen and oxygen atoms in total. The van der Waals surface area contributed by atoms with Gasteiger partial charge in [0.25, 0.3) is 0 Å². The fraction of sp³-hybridized carbons (Fsp3) is 0.556. The number of aryl methyl sites for hydroxylation is 2. The number of amides is 1. The zero-order valence-corrected chi connectivity index (χ0v) is 9.67. The Kier molecular flexibility index (Phi) is 3.96. The van der Waals surface area contributed by atoms with Crippen LogP contribution in [0.2, 0.25) is 0 Å². The lowest BCUT2D eigenvalue weighted by atomic mass is 10.2. The SMILES string of the molecule is Cc1nnc(NC(=O)C(C)CCl)nc1C. The third-order valence-corrected chi connectivity index (χ3v) is 2.47. The highest BCUT2D eigenvalue weighted by atomic mass is 35.5. The molecule has 0 aliphatic heterocycles. The maximum atomic E-state index is 11.4. The van der Waals surface area contributed by atoms with Crippen LogP contribution >= 0.6 is 11.6 Å². The quantitative estimate of drug-likeness (QED) is 0.792. The van der Waals surface area contributed by atoms with Crippen LogP contribution < -0.4 is 5.32 Å². The highest BCUT2D eigenvalue weighted by molar-refractivity contribution is 6.19. The molecule has 0 fully saturated rings. The van der Waals surface area contributed by atoms with Gasteiger partial charge in [0.1, 0.15) is 0 Å². The standard InChI is InChI=1S/C9H13ClN4O/c1-5(4-10)8(15)12-9-11-6(2)7(3)13-14-9/h5H,4H2,1-3H3,(H,11,12,14,15). The maximum absolute atomic E-state index is 11.4. The van der Waals surface area contributed by atoms with Crippen LogP contribution in [-0.4, -0.2) is 27.0 Å². The molecular formula is C9H13ClN4O. The minimum absolute atomic E-state index is 0.199. The number of aromatic nitrogens is 3. The second kappa shape index (κ2) is 5.02. The number of nitrogens with one attached hydrogen (secondary N) is 1. The number of anilines is 1. The summed E-state index contributed by atoms with van der Waals surface area (Å²) in [5, 5.41) is 10.2. The molecule has 15 heavy (non-hydrogen) atoms. The number of alkyl halides is 1. The van der Waals surface area contributed by atoms with Crippen LogP contribution in [0.1, 0.15) is 18.3 Å². The molecule has 1 unspecified atom stereocenters. The van der Waals surface area contributed by atoms with E-state index in [2.05, 4.69) is 20.5 Å². The normalized spacial score (nSPS) is 12.3. The van der Waals surface area contributed by atoms with Gasteiger partial charge >= 0.3 is 0 Å². The van der Waals surface area contributed by atoms with E-state index >= 15 is 0 Å². The number of carbonyl (C=O) groups is 1. The van der Waals surface area contributed by atoms with Crippen molar-refractivity contribution in [3.63, 3.8) is 0 Å². The van der Waals surface area contributed by atoms with Crippen LogP contribution in [0.5, 0.6) is 0 Å². The molecule has 1 rings (SSSR count). The summed E-state index contributed by atoms with van der Waals surface area (Å²) >= 11 is 5.55. The van der Waals surface area contributed by atoms with Gasteiger partial charge in [-0.3, -0.25) is 10.1 Å². The fourth-order valence-electron chi connectivity index (χ4n) is 0.813. The molecule has 0 saturated heterocycles. The number of nitrogens with zero attached hydrogens (tertiary/aromatic N) is 3. The predicted molar refractivity (Wildman–Crippen MR) is 57.8 cm³/mol. The van der Waals surface area contributed by atoms with Crippen molar-refractivity contribution in [1.82, 2.24) is 15.2 Å². The van der Waals surface area contributed by atoms with Gasteiger partial charge in [-0.15, -0.1) is 16.7 Å². The van der Waals surface area contributed by atoms with E-state index in [-0.39, 0.29) is 23.7 Å². The van der Waals surface area contributed by atoms with Crippen molar-refractivity contribution < 1.29 is 4.79 Å². The summed E-state index contributed by atoms with van der Waals surface area (Å²) in [7, 11) is 0. The molecule has 1 N–H and O–H groups in total. The van der Waals surface area contributed by atoms with Crippen molar-refractivity contribution in [2.24, 2.45) is 5.92 Å². The van der Waals surface area contributed by atoms with Gasteiger partial charge in [-0.2, -0.15) is 5.10 Å². The highest BCUT2D eigenvalue weighted by Crippen LogP contribution is 2.05. The predicted octanol–water partition coefficient (Wildman–Crippen LogP) is 1.30. The second-order valence-electron chi connectivity index (χ2n) is 3.35. The first kappa shape index (κ1) is 11.8. The molecule has 1 aromatic rings. The summed E-state index contributed by atoms with van der Waals surface area (Å²) in [6.45, 7) is 5.35. The fourth-order valence-corrected chi connectivity index (χ4v) is 0.953. The van der Waals surface area contributed by atoms with Crippen molar-refractivity contribution in [2.45, 2.75) is 20.8 Å². The average Bonchev–Trinajstić information content (AvgIpc) is 2.22. The summed E-state index contributed by atoms with van der Waals surface area (Å²) in [5.41, 5.74) is 1.50. The van der Waals surface area contributed by atoms with Crippen LogP contribution in [0.3, 0.4) is 0 Å². The number of hydrogen-bond acceptors (Lipinski definition) is 4. The van der Waals surface area contributed by atoms with Gasteiger partial charge in [0, 0.05) is 11.8 Å². The van der Waals surface area contributed by atoms with Crippen molar-refractivity contribution in [3.8, 4) is 0 Å². The van der Waals surface area contributed by atoms with Crippen molar-refractivity contribution in [2.75, 3.05) is 11.2 Å². The molecule has 0 radical (unpaired) electrons. The average molecular weight is 229 g/mol. The lowest BCUT2D eigenvalue weighted by Crippen LogP contribution is -2.23. The Labute approximate surface area is 93.3 Å². The van der Waals surface area contributed by atoms with Gasteiger partial charge in [-0.1, -0.05) is 6.92 Å². The molecule has 0 aromatic carbocycles. The lowest BCUT2D eigenvalue weighted by molar-refractivity contribution is -0.118. The first-order chi connectivity index (χ1) is 7.04. The maximum Gasteiger partial charge on any atom is 0.249 e. The Morgan fingerprint density at radius 3 is 2.60 bits per heavy atom. The topological polar surface area (TPSA) is 67.8 Å². The van der Waals surface area contributed by atoms with Crippen LogP contribution in [0.15, 0.2) is 0 Å². The van der Waals surface area contributed by atoms with Crippen LogP contribution in [0.4, 0.5) is 5.95 Å². The largest absolute Gasteiger partial charge is 0.293 e. The van der Waals surface area contributed by atoms with E-state index in [0.717, 1.165) is 11.4 Å². The van der Waals surface area contributed by atoms with Gasteiger partial charge < -0.3 is 0 Å². The molecule has 1 heterocycles. The van der Waals surface area contributed by atoms with Gasteiger partial charge in [-0.05, 0) is 13.8 Å². The summed E-state index contributed by atoms with van der Waals surface area (Å²) in [4.78, 5) is 15.5. The van der Waals surface area contributed by atoms with Gasteiger partial charge in [0.15, 0.2) is 0 Å². The Balaban J connectivity index is 2.73. The Bertz CT molecular complexity index is 369. The van der Waals surface area contributed by atoms with Crippen LogP contribution in [0.25, 0.3) is 0 Å². The van der Waals surface area contributed by atoms with E-state index in [1.165, 1.54) is 0 Å². The summed E-state index contributed by atoms with van der Waals surface area (Å²) in [6.07, 6.45) is 0. The van der Waals surface area contributed by atoms with E-state index in [4.69, 9.17) is 11.6 Å². The first-order valence-corrected chi connectivity index (χ1v) is 5.12. The monoisotopic (exact) mass is 228 g/mol. The molecule has 82 valence electrons. The van der Waals surface area contributed by atoms with E-state index in [1.54, 1.807) is 6.92 Å². The molecule has 0 aliphatic rings. The molecule has 0 saturated carbocycles. The van der Waals surface area contributed by atoms with Crippen LogP contribution in [0, 0.1) is 19.8 Å². The van der Waals surface area contributed by atoms with Crippen LogP contribution in [-0.2, 0) is 4.79 Å². The number of rotatable bonds is 3. The molecule has 1 atom stereocenters. The molecule has 0 aliphatic carbocycles. The van der Waals surface area contributed by atoms with E-state index in [1.807, 2.05) is 13.8 Å². The lowest BCUT2D eigenvalue weighted by Gasteiger charge is -2.07. The summed E-state index contributed by atoms with van der Waals surface area (Å²) < 4.78 is 0. The smallest absolute Gasteiger partial charge is 0.249 e. The second-order valence-corrected chi connectivity index (χ2v) is 3.66. The Morgan fingerprint density at radius 1 is 1.40 bits per heavy atom. The summed E-state index contributed by atoms with van der Waals surface area (Å²) in [5.74, 6) is 0.0244. The molecule has 6 heteroatoms. The molecule has 0 bridgehead atoms. The van der Waals surface area contributed by atoms with Crippen molar-refractivity contribution in [3.05, 3.63) is 11.4 Å². The number of carbonyl (C=O) groups excluding carboxylic acids is 1. The molecule has 0 spiro atoms. The zero-order valence-electron chi connectivity index (χ0n) is 8.91. The van der Waals surface area contributed by atoms with E-state index in [0.29, 0.717) is 0 Å². The minimum atomic E-state index is -0.267. The zero-order chi connectivity index (χ0) is 11.4. The van der Waals surface area contributed by atoms with E-state index in [9.17, 15) is 4.79 Å². The Hall–Kier alpha value is -1.23. The third-order valence-electron chi connectivity index (χ3n) is 2.01. The van der Waals surface area contributed by atoms with Crippen molar-refractivity contribution in [1.29, 1.82) is 0 Å². The first-order valence-electron chi connectivity index (χ1n) is 4.59. The summed E-state index contributed by atoms with van der Waals surface area (Å²) in [6, 6.07) is 0. The molecular weight excluding hydrogens is 216 g/mol. The molecule has 1 amide bonds. The van der Waals surface area contributed by atoms with Gasteiger partial charge in [0.05, 0.1) is 11.4 Å².